The van der Waals surface area contributed by atoms with Gasteiger partial charge in [-0.25, -0.2) is 0 Å². The first-order chi connectivity index (χ1) is 4.05. The molecular formula is C9H17Ti-. The summed E-state index contributed by atoms with van der Waals surface area (Å²) in [4.78, 5) is 0. The Hall–Kier alpha value is 0.714. The number of hydrogen-bond donors (Lipinski definition) is 0. The van der Waals surface area contributed by atoms with E-state index >= 15 is 0 Å². The molecule has 1 aliphatic carbocycles. The van der Waals surface area contributed by atoms with Crippen LogP contribution in [0.5, 0.6) is 0 Å². The molecule has 1 atom stereocenters. The zero-order chi connectivity index (χ0) is 7.07. The second-order valence-corrected chi connectivity index (χ2v) is 3.94. The first-order valence-electron chi connectivity index (χ1n) is 3.88. The summed E-state index contributed by atoms with van der Waals surface area (Å²) >= 11 is 0. The summed E-state index contributed by atoms with van der Waals surface area (Å²) in [6.07, 6.45) is 2.76. The van der Waals surface area contributed by atoms with Crippen LogP contribution >= 0.6 is 0 Å². The van der Waals surface area contributed by atoms with Crippen LogP contribution < -0.4 is 0 Å². The summed E-state index contributed by atoms with van der Waals surface area (Å²) < 4.78 is 0. The van der Waals surface area contributed by atoms with Gasteiger partial charge < -0.3 is 5.92 Å². The fourth-order valence-corrected chi connectivity index (χ4v) is 1.54. The smallest absolute Gasteiger partial charge is 0 e. The van der Waals surface area contributed by atoms with Crippen LogP contribution in [0, 0.1) is 17.3 Å². The summed E-state index contributed by atoms with van der Waals surface area (Å²) in [6, 6.07) is 0. The van der Waals surface area contributed by atoms with Gasteiger partial charge in [0.05, 0.1) is 0 Å². The van der Waals surface area contributed by atoms with E-state index in [1.165, 1.54) is 12.8 Å². The van der Waals surface area contributed by atoms with E-state index in [1.54, 1.807) is 5.92 Å². The Morgan fingerprint density at radius 3 is 2.00 bits per heavy atom. The molecule has 0 amide bonds. The summed E-state index contributed by atoms with van der Waals surface area (Å²) in [5, 5.41) is 0. The third-order valence-corrected chi connectivity index (χ3v) is 3.28. The molecule has 0 heterocycles. The first kappa shape index (κ1) is 10.7. The van der Waals surface area contributed by atoms with Crippen molar-refractivity contribution in [2.24, 2.45) is 11.3 Å². The molecule has 10 heavy (non-hydrogen) atoms. The molecule has 0 nitrogen and oxygen atoms in total. The molecule has 0 aromatic carbocycles. The fourth-order valence-electron chi connectivity index (χ4n) is 1.54. The van der Waals surface area contributed by atoms with Crippen LogP contribution in [-0.2, 0) is 21.7 Å². The molecule has 1 heteroatoms. The Kier molecular flexibility index (Phi) is 3.65. The molecule has 0 bridgehead atoms. The van der Waals surface area contributed by atoms with Gasteiger partial charge in [0.2, 0.25) is 0 Å². The van der Waals surface area contributed by atoms with Crippen LogP contribution in [0.2, 0.25) is 0 Å². The molecule has 1 unspecified atom stereocenters. The predicted molar refractivity (Wildman–Crippen MR) is 41.1 cm³/mol. The molecule has 1 aliphatic rings. The van der Waals surface area contributed by atoms with Crippen LogP contribution in [0.25, 0.3) is 0 Å². The van der Waals surface area contributed by atoms with Gasteiger partial charge in [-0.15, -0.1) is 0 Å². The van der Waals surface area contributed by atoms with Crippen molar-refractivity contribution in [3.63, 3.8) is 0 Å². The third-order valence-electron chi connectivity index (χ3n) is 3.28. The molecule has 0 aromatic heterocycles. The molecule has 0 saturated heterocycles. The molecule has 0 N–H and O–H groups in total. The minimum absolute atomic E-state index is 0. The summed E-state index contributed by atoms with van der Waals surface area (Å²) in [5.41, 5.74) is 0.528. The molecule has 0 aliphatic heterocycles. The van der Waals surface area contributed by atoms with Crippen molar-refractivity contribution in [1.82, 2.24) is 0 Å². The van der Waals surface area contributed by atoms with Gasteiger partial charge in [-0.2, -0.15) is 18.8 Å². The summed E-state index contributed by atoms with van der Waals surface area (Å²) in [6.45, 7) is 9.38. The third kappa shape index (κ3) is 1.65. The van der Waals surface area contributed by atoms with E-state index in [9.17, 15) is 0 Å². The normalized spacial score (nSPS) is 31.8. The van der Waals surface area contributed by atoms with Crippen molar-refractivity contribution in [2.75, 3.05) is 0 Å². The zero-order valence-corrected chi connectivity index (χ0v) is 9.05. The van der Waals surface area contributed by atoms with Crippen LogP contribution in [-0.4, -0.2) is 0 Å². The zero-order valence-electron chi connectivity index (χ0n) is 7.49. The Bertz CT molecular complexity index is 95.3. The molecule has 0 radical (unpaired) electrons. The van der Waals surface area contributed by atoms with Crippen LogP contribution in [0.3, 0.4) is 0 Å². The van der Waals surface area contributed by atoms with Crippen LogP contribution in [0.1, 0.15) is 40.5 Å². The maximum absolute atomic E-state index is 2.36. The second-order valence-electron chi connectivity index (χ2n) is 3.94. The van der Waals surface area contributed by atoms with Crippen molar-refractivity contribution in [1.29, 1.82) is 0 Å². The van der Waals surface area contributed by atoms with E-state index in [4.69, 9.17) is 0 Å². The molecule has 0 aromatic rings. The molecule has 0 spiro atoms. The molecule has 1 fully saturated rings. The second kappa shape index (κ2) is 3.41. The first-order valence-corrected chi connectivity index (χ1v) is 3.88. The molecule has 1 rings (SSSR count). The topological polar surface area (TPSA) is 0 Å². The van der Waals surface area contributed by atoms with Gasteiger partial charge in [0.15, 0.2) is 0 Å². The van der Waals surface area contributed by atoms with Gasteiger partial charge in [0.1, 0.15) is 0 Å². The molecule has 1 saturated carbocycles. The van der Waals surface area contributed by atoms with Crippen LogP contribution in [0.15, 0.2) is 0 Å². The number of rotatable bonds is 0. The van der Waals surface area contributed by atoms with E-state index in [2.05, 4.69) is 27.7 Å². The van der Waals surface area contributed by atoms with Crippen molar-refractivity contribution in [3.05, 3.63) is 5.92 Å². The van der Waals surface area contributed by atoms with E-state index in [0.29, 0.717) is 5.41 Å². The monoisotopic (exact) mass is 173 g/mol. The van der Waals surface area contributed by atoms with E-state index in [0.717, 1.165) is 5.92 Å². The number of hydrogen-bond acceptors (Lipinski definition) is 0. The minimum Gasteiger partial charge on any atom is -0.311 e. The maximum Gasteiger partial charge on any atom is 0 e. The summed E-state index contributed by atoms with van der Waals surface area (Å²) in [5.74, 6) is 2.59. The van der Waals surface area contributed by atoms with Crippen molar-refractivity contribution in [2.45, 2.75) is 40.5 Å². The quantitative estimate of drug-likeness (QED) is 0.390. The Morgan fingerprint density at radius 1 is 1.40 bits per heavy atom. The van der Waals surface area contributed by atoms with Gasteiger partial charge in [0.25, 0.3) is 0 Å². The molecule has 58 valence electrons. The van der Waals surface area contributed by atoms with Gasteiger partial charge in [0, 0.05) is 21.7 Å². The molecular weight excluding hydrogens is 156 g/mol. The Labute approximate surface area is 79.7 Å². The van der Waals surface area contributed by atoms with Crippen LogP contribution in [0.4, 0.5) is 0 Å². The van der Waals surface area contributed by atoms with Crippen molar-refractivity contribution in [3.8, 4) is 0 Å². The van der Waals surface area contributed by atoms with E-state index in [1.807, 2.05) is 0 Å². The fraction of sp³-hybridized carbons (Fsp3) is 0.889. The average Bonchev–Trinajstić information content (AvgIpc) is 1.96. The van der Waals surface area contributed by atoms with E-state index < -0.39 is 0 Å². The van der Waals surface area contributed by atoms with Crippen molar-refractivity contribution < 1.29 is 21.7 Å². The standard InChI is InChI=1S/C9H17.Ti/c1-7-5-6-8(2)9(7,3)4;/h7H,5-6H2,1-4H3;/q-1;. The Balaban J connectivity index is 0.000000810. The maximum atomic E-state index is 2.36. The minimum atomic E-state index is 0. The van der Waals surface area contributed by atoms with Gasteiger partial charge >= 0.3 is 0 Å². The summed E-state index contributed by atoms with van der Waals surface area (Å²) in [7, 11) is 0. The van der Waals surface area contributed by atoms with Gasteiger partial charge in [-0.3, -0.25) is 0 Å². The Morgan fingerprint density at radius 2 is 1.90 bits per heavy atom. The predicted octanol–water partition coefficient (Wildman–Crippen LogP) is 3.03. The van der Waals surface area contributed by atoms with Gasteiger partial charge in [-0.1, -0.05) is 33.1 Å². The van der Waals surface area contributed by atoms with Crippen molar-refractivity contribution >= 4 is 0 Å². The largest absolute Gasteiger partial charge is 0.311 e. The van der Waals surface area contributed by atoms with E-state index in [-0.39, 0.29) is 21.7 Å². The average molecular weight is 173 g/mol. The SMILES string of the molecule is C[C-]1CCC(C)C1(C)C.[Ti]. The van der Waals surface area contributed by atoms with Gasteiger partial charge in [-0.05, 0) is 0 Å².